The number of para-hydroxylation sites is 1. The third-order valence-corrected chi connectivity index (χ3v) is 6.04. The van der Waals surface area contributed by atoms with Crippen LogP contribution in [0.5, 0.6) is 0 Å². The average Bonchev–Trinajstić information content (AvgIpc) is 2.60. The molecule has 3 rings (SSSR count). The molecule has 0 bridgehead atoms. The predicted molar refractivity (Wildman–Crippen MR) is 99.2 cm³/mol. The number of nitrogens with one attached hydrogen (secondary N) is 1. The summed E-state index contributed by atoms with van der Waals surface area (Å²) >= 11 is 7.13. The summed E-state index contributed by atoms with van der Waals surface area (Å²) in [6, 6.07) is 20.0. The van der Waals surface area contributed by atoms with Gasteiger partial charge in [-0.2, -0.15) is 0 Å². The van der Waals surface area contributed by atoms with Gasteiger partial charge < -0.3 is 0 Å². The van der Waals surface area contributed by atoms with Crippen LogP contribution in [0.25, 0.3) is 0 Å². The minimum Gasteiger partial charge on any atom is -0.278 e. The van der Waals surface area contributed by atoms with E-state index >= 15 is 0 Å². The Balaban J connectivity index is 1.91. The van der Waals surface area contributed by atoms with Crippen molar-refractivity contribution in [3.63, 3.8) is 0 Å². The van der Waals surface area contributed by atoms with Gasteiger partial charge in [-0.3, -0.25) is 4.72 Å². The number of hydrogen-bond acceptors (Lipinski definition) is 3. The zero-order valence-electron chi connectivity index (χ0n) is 12.8. The first kappa shape index (κ1) is 17.8. The summed E-state index contributed by atoms with van der Waals surface area (Å²) in [5, 5.41) is -0.241. The Morgan fingerprint density at radius 2 is 1.60 bits per heavy atom. The van der Waals surface area contributed by atoms with Gasteiger partial charge in [0.15, 0.2) is 0 Å². The lowest BCUT2D eigenvalue weighted by Crippen LogP contribution is -2.13. The first-order valence-corrected chi connectivity index (χ1v) is 9.93. The zero-order chi connectivity index (χ0) is 17.9. The molecule has 128 valence electrons. The van der Waals surface area contributed by atoms with Crippen LogP contribution in [-0.2, 0) is 10.0 Å². The van der Waals surface area contributed by atoms with E-state index in [1.165, 1.54) is 17.8 Å². The van der Waals surface area contributed by atoms with E-state index in [1.807, 2.05) is 42.5 Å². The van der Waals surface area contributed by atoms with Gasteiger partial charge in [0.2, 0.25) is 0 Å². The van der Waals surface area contributed by atoms with Gasteiger partial charge in [-0.25, -0.2) is 12.8 Å². The van der Waals surface area contributed by atoms with E-state index in [4.69, 9.17) is 11.6 Å². The second kappa shape index (κ2) is 7.47. The number of anilines is 1. The Morgan fingerprint density at radius 1 is 0.920 bits per heavy atom. The van der Waals surface area contributed by atoms with Gasteiger partial charge in [0.25, 0.3) is 10.0 Å². The molecule has 0 spiro atoms. The number of sulfonamides is 1. The van der Waals surface area contributed by atoms with E-state index in [-0.39, 0.29) is 9.92 Å². The molecule has 0 atom stereocenters. The summed E-state index contributed by atoms with van der Waals surface area (Å²) in [4.78, 5) is 1.64. The number of rotatable bonds is 5. The molecule has 25 heavy (non-hydrogen) atoms. The van der Waals surface area contributed by atoms with Crippen LogP contribution in [0.4, 0.5) is 10.1 Å². The van der Waals surface area contributed by atoms with Gasteiger partial charge in [0, 0.05) is 9.79 Å². The lowest BCUT2D eigenvalue weighted by molar-refractivity contribution is 0.599. The molecule has 7 heteroatoms. The third-order valence-electron chi connectivity index (χ3n) is 3.30. The van der Waals surface area contributed by atoms with E-state index in [9.17, 15) is 12.8 Å². The number of halogens is 2. The summed E-state index contributed by atoms with van der Waals surface area (Å²) in [6.07, 6.45) is 0. The van der Waals surface area contributed by atoms with Gasteiger partial charge in [0.1, 0.15) is 5.82 Å². The Labute approximate surface area is 154 Å². The molecule has 0 saturated carbocycles. The van der Waals surface area contributed by atoms with Crippen molar-refractivity contribution in [2.24, 2.45) is 0 Å². The first-order chi connectivity index (χ1) is 12.0. The molecule has 0 radical (unpaired) electrons. The van der Waals surface area contributed by atoms with Gasteiger partial charge >= 0.3 is 0 Å². The molecule has 0 aliphatic heterocycles. The van der Waals surface area contributed by atoms with E-state index in [0.29, 0.717) is 5.69 Å². The number of benzene rings is 3. The second-order valence-electron chi connectivity index (χ2n) is 5.09. The highest BCUT2D eigenvalue weighted by Crippen LogP contribution is 2.34. The molecular weight excluding hydrogens is 381 g/mol. The molecule has 0 heterocycles. The predicted octanol–water partition coefficient (Wildman–Crippen LogP) is 5.43. The summed E-state index contributed by atoms with van der Waals surface area (Å²) in [5.41, 5.74) is 0.441. The van der Waals surface area contributed by atoms with Gasteiger partial charge in [-0.1, -0.05) is 53.7 Å². The van der Waals surface area contributed by atoms with Gasteiger partial charge in [-0.15, -0.1) is 0 Å². The van der Waals surface area contributed by atoms with E-state index in [2.05, 4.69) is 4.72 Å². The fourth-order valence-electron chi connectivity index (χ4n) is 2.10. The van der Waals surface area contributed by atoms with Gasteiger partial charge in [-0.05, 0) is 42.5 Å². The van der Waals surface area contributed by atoms with Crippen LogP contribution in [0.1, 0.15) is 0 Å². The average molecular weight is 394 g/mol. The minimum atomic E-state index is -3.88. The van der Waals surface area contributed by atoms with Crippen LogP contribution < -0.4 is 4.72 Å². The van der Waals surface area contributed by atoms with E-state index in [0.717, 1.165) is 21.9 Å². The van der Waals surface area contributed by atoms with Crippen molar-refractivity contribution in [2.45, 2.75) is 14.7 Å². The van der Waals surface area contributed by atoms with Crippen molar-refractivity contribution in [1.82, 2.24) is 0 Å². The van der Waals surface area contributed by atoms with Crippen molar-refractivity contribution in [1.29, 1.82) is 0 Å². The van der Waals surface area contributed by atoms with Crippen molar-refractivity contribution in [3.05, 3.63) is 83.6 Å². The Morgan fingerprint density at radius 3 is 2.32 bits per heavy atom. The Hall–Kier alpha value is -2.02. The number of hydrogen-bond donors (Lipinski definition) is 1. The van der Waals surface area contributed by atoms with Crippen molar-refractivity contribution in [3.8, 4) is 0 Å². The zero-order valence-corrected chi connectivity index (χ0v) is 15.2. The largest absolute Gasteiger partial charge is 0.278 e. The SMILES string of the molecule is O=S(=O)(Nc1ccccc1Sc1ccccc1)c1ccc(F)c(Cl)c1. The molecule has 3 aromatic carbocycles. The lowest BCUT2D eigenvalue weighted by Gasteiger charge is -2.12. The van der Waals surface area contributed by atoms with E-state index < -0.39 is 15.8 Å². The summed E-state index contributed by atoms with van der Waals surface area (Å²) in [6.45, 7) is 0. The molecule has 3 nitrogen and oxygen atoms in total. The van der Waals surface area contributed by atoms with Crippen LogP contribution in [0.2, 0.25) is 5.02 Å². The van der Waals surface area contributed by atoms with Crippen LogP contribution in [0.15, 0.2) is 87.5 Å². The molecule has 0 unspecified atom stereocenters. The summed E-state index contributed by atoms with van der Waals surface area (Å²) in [7, 11) is -3.88. The van der Waals surface area contributed by atoms with Crippen LogP contribution >= 0.6 is 23.4 Å². The lowest BCUT2D eigenvalue weighted by atomic mass is 10.3. The highest BCUT2D eigenvalue weighted by molar-refractivity contribution is 7.99. The molecule has 0 aliphatic rings. The molecule has 0 saturated heterocycles. The maximum atomic E-state index is 13.3. The highest BCUT2D eigenvalue weighted by Gasteiger charge is 2.18. The molecule has 0 fully saturated rings. The quantitative estimate of drug-likeness (QED) is 0.628. The Bertz CT molecular complexity index is 995. The molecule has 1 N–H and O–H groups in total. The molecule has 0 aromatic heterocycles. The Kier molecular flexibility index (Phi) is 5.32. The second-order valence-corrected chi connectivity index (χ2v) is 8.30. The molecule has 0 amide bonds. The molecule has 0 aliphatic carbocycles. The van der Waals surface area contributed by atoms with Crippen LogP contribution in [0.3, 0.4) is 0 Å². The van der Waals surface area contributed by atoms with Crippen LogP contribution in [0, 0.1) is 5.82 Å². The van der Waals surface area contributed by atoms with Crippen molar-refractivity contribution < 1.29 is 12.8 Å². The monoisotopic (exact) mass is 393 g/mol. The van der Waals surface area contributed by atoms with Crippen molar-refractivity contribution in [2.75, 3.05) is 4.72 Å². The van der Waals surface area contributed by atoms with Crippen LogP contribution in [-0.4, -0.2) is 8.42 Å². The molecular formula is C18H13ClFNO2S2. The normalized spacial score (nSPS) is 11.3. The minimum absolute atomic E-state index is 0.0987. The highest BCUT2D eigenvalue weighted by atomic mass is 35.5. The smallest absolute Gasteiger partial charge is 0.261 e. The first-order valence-electron chi connectivity index (χ1n) is 7.25. The fraction of sp³-hybridized carbons (Fsp3) is 0. The summed E-state index contributed by atoms with van der Waals surface area (Å²) in [5.74, 6) is -0.666. The maximum absolute atomic E-state index is 13.3. The van der Waals surface area contributed by atoms with Gasteiger partial charge in [0.05, 0.1) is 15.6 Å². The topological polar surface area (TPSA) is 46.2 Å². The summed E-state index contributed by atoms with van der Waals surface area (Å²) < 4.78 is 40.9. The standard InChI is InChI=1S/C18H13ClFNO2S2/c19-15-12-14(10-11-16(15)20)25(22,23)21-17-8-4-5-9-18(17)24-13-6-2-1-3-7-13/h1-12,21H. The van der Waals surface area contributed by atoms with E-state index in [1.54, 1.807) is 12.1 Å². The third kappa shape index (κ3) is 4.34. The fourth-order valence-corrected chi connectivity index (χ4v) is 4.44. The molecule has 3 aromatic rings. The van der Waals surface area contributed by atoms with Crippen molar-refractivity contribution >= 4 is 39.1 Å². The maximum Gasteiger partial charge on any atom is 0.261 e.